The number of amides is 1. The topological polar surface area (TPSA) is 66.5 Å². The Kier molecular flexibility index (Phi) is 3.75. The summed E-state index contributed by atoms with van der Waals surface area (Å²) in [6, 6.07) is 4.94. The van der Waals surface area contributed by atoms with Gasteiger partial charge < -0.3 is 5.32 Å². The fourth-order valence-electron chi connectivity index (χ4n) is 2.99. The Morgan fingerprint density at radius 3 is 2.48 bits per heavy atom. The molecule has 1 amide bonds. The second-order valence-electron chi connectivity index (χ2n) is 5.78. The van der Waals surface area contributed by atoms with Crippen LogP contribution in [0.15, 0.2) is 23.1 Å². The van der Waals surface area contributed by atoms with Crippen molar-refractivity contribution in [2.45, 2.75) is 43.4 Å². The second kappa shape index (κ2) is 5.42. The van der Waals surface area contributed by atoms with Gasteiger partial charge >= 0.3 is 0 Å². The van der Waals surface area contributed by atoms with E-state index in [2.05, 4.69) is 5.32 Å². The molecule has 1 atom stereocenters. The summed E-state index contributed by atoms with van der Waals surface area (Å²) in [4.78, 5) is 12.0. The number of carbonyl (C=O) groups is 1. The molecule has 0 bridgehead atoms. The highest BCUT2D eigenvalue weighted by molar-refractivity contribution is 7.89. The van der Waals surface area contributed by atoms with Crippen LogP contribution in [0.1, 0.15) is 44.1 Å². The van der Waals surface area contributed by atoms with Crippen LogP contribution < -0.4 is 5.32 Å². The van der Waals surface area contributed by atoms with E-state index in [1.54, 1.807) is 29.4 Å². The Bertz CT molecular complexity index is 661. The van der Waals surface area contributed by atoms with Crippen LogP contribution >= 0.6 is 0 Å². The Morgan fingerprint density at radius 2 is 1.81 bits per heavy atom. The maximum atomic E-state index is 12.7. The van der Waals surface area contributed by atoms with Crippen molar-refractivity contribution in [3.05, 3.63) is 23.8 Å². The molecule has 1 N–H and O–H groups in total. The number of fused-ring (bicyclic) bond motifs is 1. The number of hydrogen-bond donors (Lipinski definition) is 1. The number of rotatable bonds is 2. The lowest BCUT2D eigenvalue weighted by Crippen LogP contribution is -2.32. The number of hydrogen-bond acceptors (Lipinski definition) is 3. The first-order valence-corrected chi connectivity index (χ1v) is 8.89. The summed E-state index contributed by atoms with van der Waals surface area (Å²) < 4.78 is 27.1. The van der Waals surface area contributed by atoms with Gasteiger partial charge in [-0.1, -0.05) is 12.8 Å². The fourth-order valence-corrected chi connectivity index (χ4v) is 4.54. The quantitative estimate of drug-likeness (QED) is 0.911. The zero-order valence-electron chi connectivity index (χ0n) is 12.1. The first kappa shape index (κ1) is 14.5. The van der Waals surface area contributed by atoms with Crippen LogP contribution in [0.2, 0.25) is 0 Å². The van der Waals surface area contributed by atoms with Crippen molar-refractivity contribution in [3.8, 4) is 0 Å². The maximum absolute atomic E-state index is 12.7. The van der Waals surface area contributed by atoms with Gasteiger partial charge in [0, 0.05) is 18.8 Å². The Morgan fingerprint density at radius 1 is 1.14 bits per heavy atom. The number of nitrogens with one attached hydrogen (secondary N) is 1. The van der Waals surface area contributed by atoms with Crippen molar-refractivity contribution >= 4 is 21.6 Å². The van der Waals surface area contributed by atoms with Crippen LogP contribution in [0.4, 0.5) is 5.69 Å². The molecule has 3 rings (SSSR count). The molecular weight excluding hydrogens is 288 g/mol. The van der Waals surface area contributed by atoms with Crippen molar-refractivity contribution in [1.82, 2.24) is 4.31 Å². The molecule has 1 saturated heterocycles. The molecule has 2 aliphatic rings. The summed E-state index contributed by atoms with van der Waals surface area (Å²) in [5.41, 5.74) is 1.50. The van der Waals surface area contributed by atoms with Gasteiger partial charge in [0.15, 0.2) is 0 Å². The van der Waals surface area contributed by atoms with Crippen molar-refractivity contribution < 1.29 is 13.2 Å². The molecule has 0 spiro atoms. The number of nitrogens with zero attached hydrogens (tertiary/aromatic N) is 1. The minimum atomic E-state index is -3.45. The van der Waals surface area contributed by atoms with Gasteiger partial charge in [0.05, 0.1) is 10.8 Å². The first-order valence-electron chi connectivity index (χ1n) is 7.45. The molecule has 0 aliphatic carbocycles. The normalized spacial score (nSPS) is 23.5. The molecule has 2 heterocycles. The number of benzene rings is 1. The SMILES string of the molecule is C[C@H]1C(=O)Nc2ccc(S(=O)(=O)N3CCCCCC3)cc21. The molecule has 114 valence electrons. The van der Waals surface area contributed by atoms with Crippen LogP contribution in [0.25, 0.3) is 0 Å². The molecular formula is C15H20N2O3S. The Balaban J connectivity index is 1.95. The number of sulfonamides is 1. The van der Waals surface area contributed by atoms with Gasteiger partial charge in [0.25, 0.3) is 0 Å². The monoisotopic (exact) mass is 308 g/mol. The lowest BCUT2D eigenvalue weighted by molar-refractivity contribution is -0.116. The smallest absolute Gasteiger partial charge is 0.243 e. The highest BCUT2D eigenvalue weighted by Gasteiger charge is 2.30. The third-order valence-corrected chi connectivity index (χ3v) is 6.24. The lowest BCUT2D eigenvalue weighted by atomic mass is 10.0. The van der Waals surface area contributed by atoms with E-state index in [0.29, 0.717) is 18.0 Å². The van der Waals surface area contributed by atoms with E-state index in [1.807, 2.05) is 0 Å². The summed E-state index contributed by atoms with van der Waals surface area (Å²) >= 11 is 0. The molecule has 1 fully saturated rings. The molecule has 0 aromatic heterocycles. The van der Waals surface area contributed by atoms with Crippen LogP contribution in [-0.2, 0) is 14.8 Å². The molecule has 0 saturated carbocycles. The minimum absolute atomic E-state index is 0.0747. The highest BCUT2D eigenvalue weighted by atomic mass is 32.2. The average molecular weight is 308 g/mol. The van der Waals surface area contributed by atoms with E-state index in [1.165, 1.54) is 0 Å². The van der Waals surface area contributed by atoms with Crippen LogP contribution in [0, 0.1) is 0 Å². The molecule has 2 aliphatic heterocycles. The molecule has 21 heavy (non-hydrogen) atoms. The molecule has 1 aromatic carbocycles. The Labute approximate surface area is 125 Å². The van der Waals surface area contributed by atoms with Crippen molar-refractivity contribution in [1.29, 1.82) is 0 Å². The average Bonchev–Trinajstić information content (AvgIpc) is 2.67. The van der Waals surface area contributed by atoms with Crippen LogP contribution in [-0.4, -0.2) is 31.7 Å². The van der Waals surface area contributed by atoms with Gasteiger partial charge in [0.2, 0.25) is 15.9 Å². The second-order valence-corrected chi connectivity index (χ2v) is 7.72. The zero-order valence-corrected chi connectivity index (χ0v) is 12.9. The number of anilines is 1. The highest BCUT2D eigenvalue weighted by Crippen LogP contribution is 2.34. The zero-order chi connectivity index (χ0) is 15.0. The van der Waals surface area contributed by atoms with Crippen molar-refractivity contribution in [2.75, 3.05) is 18.4 Å². The van der Waals surface area contributed by atoms with Crippen LogP contribution in [0.5, 0.6) is 0 Å². The summed E-state index contributed by atoms with van der Waals surface area (Å²) in [6.07, 6.45) is 4.01. The minimum Gasteiger partial charge on any atom is -0.325 e. The molecule has 1 aromatic rings. The third-order valence-electron chi connectivity index (χ3n) is 4.34. The molecule has 0 radical (unpaired) electrons. The van der Waals surface area contributed by atoms with Gasteiger partial charge in [-0.2, -0.15) is 4.31 Å². The molecule has 5 nitrogen and oxygen atoms in total. The first-order chi connectivity index (χ1) is 10.00. The summed E-state index contributed by atoms with van der Waals surface area (Å²) in [5.74, 6) is -0.367. The van der Waals surface area contributed by atoms with Crippen molar-refractivity contribution in [3.63, 3.8) is 0 Å². The predicted octanol–water partition coefficient (Wildman–Crippen LogP) is 2.31. The van der Waals surface area contributed by atoms with E-state index in [0.717, 1.165) is 36.9 Å². The largest absolute Gasteiger partial charge is 0.325 e. The van der Waals surface area contributed by atoms with E-state index in [9.17, 15) is 13.2 Å². The van der Waals surface area contributed by atoms with Crippen molar-refractivity contribution in [2.24, 2.45) is 0 Å². The van der Waals surface area contributed by atoms with E-state index >= 15 is 0 Å². The summed E-state index contributed by atoms with van der Waals surface area (Å²) in [7, 11) is -3.45. The van der Waals surface area contributed by atoms with Crippen LogP contribution in [0.3, 0.4) is 0 Å². The summed E-state index contributed by atoms with van der Waals surface area (Å²) in [5, 5.41) is 2.77. The van der Waals surface area contributed by atoms with Gasteiger partial charge in [0.1, 0.15) is 0 Å². The predicted molar refractivity (Wildman–Crippen MR) is 80.7 cm³/mol. The molecule has 0 unspecified atom stereocenters. The standard InChI is InChI=1S/C15H20N2O3S/c1-11-13-10-12(6-7-14(13)16-15(11)18)21(19,20)17-8-4-2-3-5-9-17/h6-7,10-11H,2-5,8-9H2,1H3,(H,16,18)/t11-/m1/s1. The summed E-state index contributed by atoms with van der Waals surface area (Å²) in [6.45, 7) is 2.97. The number of carbonyl (C=O) groups excluding carboxylic acids is 1. The van der Waals surface area contributed by atoms with Gasteiger partial charge in [-0.25, -0.2) is 8.42 Å². The third kappa shape index (κ3) is 2.58. The lowest BCUT2D eigenvalue weighted by Gasteiger charge is -2.20. The molecule has 6 heteroatoms. The fraction of sp³-hybridized carbons (Fsp3) is 0.533. The van der Waals surface area contributed by atoms with E-state index in [-0.39, 0.29) is 11.8 Å². The van der Waals surface area contributed by atoms with Gasteiger partial charge in [-0.15, -0.1) is 0 Å². The van der Waals surface area contributed by atoms with E-state index in [4.69, 9.17) is 0 Å². The van der Waals surface area contributed by atoms with E-state index < -0.39 is 10.0 Å². The Hall–Kier alpha value is -1.40. The maximum Gasteiger partial charge on any atom is 0.243 e. The van der Waals surface area contributed by atoms with Gasteiger partial charge in [-0.3, -0.25) is 4.79 Å². The van der Waals surface area contributed by atoms with Gasteiger partial charge in [-0.05, 0) is 43.5 Å².